The van der Waals surface area contributed by atoms with Gasteiger partial charge in [0.1, 0.15) is 5.82 Å². The average Bonchev–Trinajstić information content (AvgIpc) is 2.20. The van der Waals surface area contributed by atoms with Gasteiger partial charge in [-0.05, 0) is 25.1 Å². The molecule has 0 bridgehead atoms. The van der Waals surface area contributed by atoms with Gasteiger partial charge < -0.3 is 10.4 Å². The van der Waals surface area contributed by atoms with Gasteiger partial charge in [-0.2, -0.15) is 5.26 Å². The molecule has 1 aromatic rings. The number of aliphatic hydroxyl groups is 1. The van der Waals surface area contributed by atoms with E-state index >= 15 is 0 Å². The molecule has 1 aromatic carbocycles. The molecule has 0 amide bonds. The number of nitrogens with zero attached hydrogens (tertiary/aromatic N) is 1. The van der Waals surface area contributed by atoms with Crippen LogP contribution in [0.3, 0.4) is 0 Å². The molecule has 0 fully saturated rings. The van der Waals surface area contributed by atoms with Crippen molar-refractivity contribution in [3.05, 3.63) is 35.1 Å². The van der Waals surface area contributed by atoms with Crippen LogP contribution in [-0.4, -0.2) is 17.8 Å². The van der Waals surface area contributed by atoms with Crippen molar-refractivity contribution in [2.24, 2.45) is 0 Å². The van der Waals surface area contributed by atoms with Crippen LogP contribution in [0.2, 0.25) is 0 Å². The zero-order chi connectivity index (χ0) is 11.3. The molecule has 3 nitrogen and oxygen atoms in total. The summed E-state index contributed by atoms with van der Waals surface area (Å²) in [7, 11) is 0. The van der Waals surface area contributed by atoms with Crippen LogP contribution in [0.4, 0.5) is 4.39 Å². The Balaban J connectivity index is 2.64. The second kappa shape index (κ2) is 5.44. The maximum atomic E-state index is 13.2. The van der Waals surface area contributed by atoms with Gasteiger partial charge in [-0.1, -0.05) is 0 Å². The Morgan fingerprint density at radius 2 is 2.33 bits per heavy atom. The molecular formula is C11H13FN2O. The Labute approximate surface area is 88.2 Å². The smallest absolute Gasteiger partial charge is 0.127 e. The molecule has 0 radical (unpaired) electrons. The first-order valence-corrected chi connectivity index (χ1v) is 4.71. The topological polar surface area (TPSA) is 56.0 Å². The number of nitriles is 1. The average molecular weight is 208 g/mol. The quantitative estimate of drug-likeness (QED) is 0.780. The molecule has 0 aliphatic rings. The van der Waals surface area contributed by atoms with Crippen LogP contribution >= 0.6 is 0 Å². The van der Waals surface area contributed by atoms with Crippen molar-refractivity contribution in [2.75, 3.05) is 6.54 Å². The summed E-state index contributed by atoms with van der Waals surface area (Å²) in [6.45, 7) is 2.36. The van der Waals surface area contributed by atoms with Crippen LogP contribution in [0, 0.1) is 17.1 Å². The molecule has 0 spiro atoms. The Kier molecular flexibility index (Phi) is 4.22. The van der Waals surface area contributed by atoms with Gasteiger partial charge in [0.25, 0.3) is 0 Å². The molecule has 1 rings (SSSR count). The predicted octanol–water partition coefficient (Wildman–Crippen LogP) is 1.17. The van der Waals surface area contributed by atoms with E-state index in [2.05, 4.69) is 5.32 Å². The summed E-state index contributed by atoms with van der Waals surface area (Å²) in [6.07, 6.45) is -0.466. The van der Waals surface area contributed by atoms with Gasteiger partial charge in [-0.3, -0.25) is 0 Å². The second-order valence-corrected chi connectivity index (χ2v) is 3.40. The molecule has 1 atom stereocenters. The maximum absolute atomic E-state index is 13.2. The van der Waals surface area contributed by atoms with Crippen LogP contribution in [0.5, 0.6) is 0 Å². The molecule has 15 heavy (non-hydrogen) atoms. The number of nitrogens with one attached hydrogen (secondary N) is 1. The fourth-order valence-electron chi connectivity index (χ4n) is 1.20. The normalized spacial score (nSPS) is 12.1. The summed E-state index contributed by atoms with van der Waals surface area (Å²) in [4.78, 5) is 0. The first-order valence-electron chi connectivity index (χ1n) is 4.71. The molecular weight excluding hydrogens is 195 g/mol. The Hall–Kier alpha value is -1.44. The van der Waals surface area contributed by atoms with Crippen molar-refractivity contribution >= 4 is 0 Å². The lowest BCUT2D eigenvalue weighted by Gasteiger charge is -2.07. The van der Waals surface area contributed by atoms with E-state index in [1.54, 1.807) is 6.92 Å². The van der Waals surface area contributed by atoms with Crippen molar-refractivity contribution in [3.63, 3.8) is 0 Å². The summed E-state index contributed by atoms with van der Waals surface area (Å²) in [6, 6.07) is 6.17. The third kappa shape index (κ3) is 3.66. The monoisotopic (exact) mass is 208 g/mol. The third-order valence-electron chi connectivity index (χ3n) is 1.93. The summed E-state index contributed by atoms with van der Waals surface area (Å²) < 4.78 is 13.2. The molecule has 0 aliphatic heterocycles. The molecule has 80 valence electrons. The standard InChI is InChI=1S/C11H13FN2O/c1-8(15)6-14-7-10-4-9(5-13)2-3-11(10)12/h2-4,8,14-15H,6-7H2,1H3. The first-order chi connectivity index (χ1) is 7.13. The Morgan fingerprint density at radius 3 is 2.93 bits per heavy atom. The predicted molar refractivity (Wildman–Crippen MR) is 54.5 cm³/mol. The number of halogens is 1. The van der Waals surface area contributed by atoms with Crippen LogP contribution in [-0.2, 0) is 6.54 Å². The molecule has 0 aliphatic carbocycles. The van der Waals surface area contributed by atoms with Gasteiger partial charge in [-0.15, -0.1) is 0 Å². The minimum atomic E-state index is -0.466. The lowest BCUT2D eigenvalue weighted by atomic mass is 10.1. The van der Waals surface area contributed by atoms with Gasteiger partial charge in [0.15, 0.2) is 0 Å². The van der Waals surface area contributed by atoms with Crippen LogP contribution < -0.4 is 5.32 Å². The van der Waals surface area contributed by atoms with Crippen LogP contribution in [0.1, 0.15) is 18.1 Å². The highest BCUT2D eigenvalue weighted by molar-refractivity contribution is 5.33. The van der Waals surface area contributed by atoms with Gasteiger partial charge >= 0.3 is 0 Å². The highest BCUT2D eigenvalue weighted by atomic mass is 19.1. The van der Waals surface area contributed by atoms with E-state index in [1.807, 2.05) is 6.07 Å². The Morgan fingerprint density at radius 1 is 1.60 bits per heavy atom. The van der Waals surface area contributed by atoms with Crippen LogP contribution in [0.15, 0.2) is 18.2 Å². The van der Waals surface area contributed by atoms with Crippen molar-refractivity contribution in [1.82, 2.24) is 5.32 Å². The summed E-state index contributed by atoms with van der Waals surface area (Å²) in [5.41, 5.74) is 0.875. The minimum absolute atomic E-state index is 0.312. The Bertz CT molecular complexity index is 371. The first kappa shape index (κ1) is 11.6. The second-order valence-electron chi connectivity index (χ2n) is 3.40. The van der Waals surface area contributed by atoms with E-state index in [9.17, 15) is 4.39 Å². The number of rotatable bonds is 4. The summed E-state index contributed by atoms with van der Waals surface area (Å²) in [5, 5.41) is 20.5. The van der Waals surface area contributed by atoms with E-state index < -0.39 is 6.10 Å². The zero-order valence-corrected chi connectivity index (χ0v) is 8.50. The lowest BCUT2D eigenvalue weighted by molar-refractivity contribution is 0.191. The molecule has 1 unspecified atom stereocenters. The van der Waals surface area contributed by atoms with Crippen molar-refractivity contribution in [2.45, 2.75) is 19.6 Å². The molecule has 2 N–H and O–H groups in total. The van der Waals surface area contributed by atoms with Gasteiger partial charge in [0.2, 0.25) is 0 Å². The highest BCUT2D eigenvalue weighted by Crippen LogP contribution is 2.09. The maximum Gasteiger partial charge on any atom is 0.127 e. The number of aliphatic hydroxyl groups excluding tert-OH is 1. The van der Waals surface area contributed by atoms with Gasteiger partial charge in [0.05, 0.1) is 17.7 Å². The molecule has 0 saturated carbocycles. The van der Waals surface area contributed by atoms with E-state index in [0.717, 1.165) is 0 Å². The summed E-state index contributed by atoms with van der Waals surface area (Å²) in [5.74, 6) is -0.341. The SMILES string of the molecule is CC(O)CNCc1cc(C#N)ccc1F. The van der Waals surface area contributed by atoms with E-state index in [1.165, 1.54) is 18.2 Å². The van der Waals surface area contributed by atoms with E-state index in [4.69, 9.17) is 10.4 Å². The fraction of sp³-hybridized carbons (Fsp3) is 0.364. The largest absolute Gasteiger partial charge is 0.392 e. The fourth-order valence-corrected chi connectivity index (χ4v) is 1.20. The van der Waals surface area contributed by atoms with Crippen molar-refractivity contribution in [3.8, 4) is 6.07 Å². The number of benzene rings is 1. The molecule has 4 heteroatoms. The van der Waals surface area contributed by atoms with E-state index in [-0.39, 0.29) is 5.82 Å². The molecule has 0 saturated heterocycles. The zero-order valence-electron chi connectivity index (χ0n) is 8.50. The number of hydrogen-bond acceptors (Lipinski definition) is 3. The summed E-state index contributed by atoms with van der Waals surface area (Å²) >= 11 is 0. The van der Waals surface area contributed by atoms with Crippen molar-refractivity contribution in [1.29, 1.82) is 5.26 Å². The van der Waals surface area contributed by atoms with Crippen LogP contribution in [0.25, 0.3) is 0 Å². The number of hydrogen-bond donors (Lipinski definition) is 2. The van der Waals surface area contributed by atoms with Gasteiger partial charge in [0, 0.05) is 18.7 Å². The van der Waals surface area contributed by atoms with E-state index in [0.29, 0.717) is 24.2 Å². The molecule has 0 aromatic heterocycles. The minimum Gasteiger partial charge on any atom is -0.392 e. The van der Waals surface area contributed by atoms with Gasteiger partial charge in [-0.25, -0.2) is 4.39 Å². The third-order valence-corrected chi connectivity index (χ3v) is 1.93. The van der Waals surface area contributed by atoms with Crippen molar-refractivity contribution < 1.29 is 9.50 Å². The highest BCUT2D eigenvalue weighted by Gasteiger charge is 2.03. The lowest BCUT2D eigenvalue weighted by Crippen LogP contribution is -2.24. The molecule has 0 heterocycles.